The molecule has 0 N–H and O–H groups in total. The van der Waals surface area contributed by atoms with Gasteiger partial charge in [-0.15, -0.1) is 0 Å². The molecule has 4 aliphatic heterocycles. The van der Waals surface area contributed by atoms with Crippen LogP contribution in [0.1, 0.15) is 0 Å². The summed E-state index contributed by atoms with van der Waals surface area (Å²) in [6.45, 7) is 4.32. The highest BCUT2D eigenvalue weighted by Gasteiger charge is 2.38. The molecule has 0 bridgehead atoms. The molecule has 0 amide bonds. The maximum Gasteiger partial charge on any atom is 0.444 e. The maximum absolute atomic E-state index is 5.60. The van der Waals surface area contributed by atoms with Gasteiger partial charge in [0.2, 0.25) is 0 Å². The maximum atomic E-state index is 5.60. The van der Waals surface area contributed by atoms with E-state index in [0.29, 0.717) is 52.9 Å². The molecule has 12 nitrogen and oxygen atoms in total. The molecule has 0 aromatic rings. The van der Waals surface area contributed by atoms with Gasteiger partial charge in [-0.05, 0) is 0 Å². The van der Waals surface area contributed by atoms with E-state index in [-0.39, 0.29) is 55.2 Å². The highest BCUT2D eigenvalue weighted by atomic mass is 17.0. The normalized spacial score (nSPS) is 30.9. The minimum atomic E-state index is -1.93. The van der Waals surface area contributed by atoms with Gasteiger partial charge < -0.3 is 56.2 Å². The zero-order chi connectivity index (χ0) is 19.8. The topological polar surface area (TPSA) is 124 Å². The summed E-state index contributed by atoms with van der Waals surface area (Å²) < 4.78 is 64.4. The lowest BCUT2D eigenvalue weighted by Crippen LogP contribution is -2.48. The third-order valence-corrected chi connectivity index (χ3v) is 4.10. The Bertz CT molecular complexity index is 391. The van der Waals surface area contributed by atoms with Crippen molar-refractivity contribution in [2.24, 2.45) is 0 Å². The highest BCUT2D eigenvalue weighted by molar-refractivity contribution is 6.22. The van der Waals surface area contributed by atoms with Crippen LogP contribution in [0.2, 0.25) is 0 Å². The molecule has 4 atom stereocenters. The first-order valence-corrected chi connectivity index (χ1v) is 9.64. The molecule has 4 aliphatic rings. The number of hydrogen-bond acceptors (Lipinski definition) is 12. The third-order valence-electron chi connectivity index (χ3n) is 4.10. The van der Waals surface area contributed by atoms with Crippen molar-refractivity contribution in [3.05, 3.63) is 0 Å². The average Bonchev–Trinajstić information content (AvgIpc) is 3.57. The van der Waals surface area contributed by atoms with Crippen LogP contribution in [-0.4, -0.2) is 114 Å². The molecule has 0 saturated carbocycles. The van der Waals surface area contributed by atoms with Crippen molar-refractivity contribution in [3.63, 3.8) is 0 Å². The van der Waals surface area contributed by atoms with Crippen molar-refractivity contribution in [1.29, 1.82) is 0 Å². The largest absolute Gasteiger partial charge is 0.444 e. The first-order chi connectivity index (χ1) is 14.3. The van der Waals surface area contributed by atoms with Crippen LogP contribution >= 0.6 is 0 Å². The molecule has 29 heavy (non-hydrogen) atoms. The fraction of sp³-hybridized carbons (Fsp3) is 1.00. The molecule has 160 valence electrons. The van der Waals surface area contributed by atoms with Crippen LogP contribution in [0.4, 0.5) is 0 Å². The predicted octanol–water partition coefficient (Wildman–Crippen LogP) is -3.61. The zero-order valence-corrected chi connectivity index (χ0v) is 16.2. The monoisotopic (exact) mass is 416 g/mol. The van der Waals surface area contributed by atoms with Crippen molar-refractivity contribution in [2.75, 3.05) is 52.9 Å². The molecule has 4 saturated heterocycles. The second-order valence-corrected chi connectivity index (χ2v) is 6.85. The minimum Gasteiger partial charge on any atom is -0.411 e. The minimum absolute atomic E-state index is 0.0985. The third kappa shape index (κ3) is 9.63. The van der Waals surface area contributed by atoms with Crippen LogP contribution in [0.15, 0.2) is 0 Å². The van der Waals surface area contributed by atoms with Crippen molar-refractivity contribution < 1.29 is 56.2 Å². The van der Waals surface area contributed by atoms with E-state index in [1.54, 1.807) is 0 Å². The second kappa shape index (κ2) is 11.4. The van der Waals surface area contributed by atoms with Crippen molar-refractivity contribution in [2.45, 2.75) is 30.6 Å². The van der Waals surface area contributed by atoms with Gasteiger partial charge in [0.25, 0.3) is 0 Å². The molecule has 4 rings (SSSR count). The summed E-state index contributed by atoms with van der Waals surface area (Å²) in [4.78, 5) is 0. The van der Waals surface area contributed by atoms with Crippen LogP contribution in [-0.2, 0) is 56.2 Å². The summed E-state index contributed by atoms with van der Waals surface area (Å²) >= 11 is 0. The van der Waals surface area contributed by atoms with Gasteiger partial charge in [-0.3, -0.25) is 0 Å². The summed E-state index contributed by atoms with van der Waals surface area (Å²) in [5, 5.41) is 0. The number of epoxide rings is 4. The summed E-state index contributed by atoms with van der Waals surface area (Å²) in [7, 11) is -0.599. The summed E-state index contributed by atoms with van der Waals surface area (Å²) in [6, 6.07) is 0. The van der Waals surface area contributed by atoms with Gasteiger partial charge in [0, 0.05) is 0 Å². The fourth-order valence-electron chi connectivity index (χ4n) is 2.08. The van der Waals surface area contributed by atoms with Gasteiger partial charge in [0.1, 0.15) is 24.4 Å². The van der Waals surface area contributed by atoms with Crippen LogP contribution in [0.3, 0.4) is 0 Å². The van der Waals surface area contributed by atoms with Crippen molar-refractivity contribution in [1.82, 2.24) is 0 Å². The second-order valence-electron chi connectivity index (χ2n) is 6.85. The summed E-state index contributed by atoms with van der Waals surface area (Å²) in [5.74, 6) is 0. The first kappa shape index (κ1) is 22.0. The molecular formula is C13H24B4O12. The highest BCUT2D eigenvalue weighted by Crippen LogP contribution is 2.19. The Morgan fingerprint density at radius 1 is 0.517 bits per heavy atom. The standard InChI is InChI=1S/C13H24B4O12/c1-9(18-1)5-22-14-26-13(27-15-23-6-10-2-19-10,28-16-24-7-11-3-20-11)29-17-25-8-12-4-21-12/h9-12,14-17H,1-8H2. The molecule has 0 spiro atoms. The van der Waals surface area contributed by atoms with Gasteiger partial charge in [-0.1, -0.05) is 0 Å². The van der Waals surface area contributed by atoms with Gasteiger partial charge in [-0.2, -0.15) is 0 Å². The van der Waals surface area contributed by atoms with E-state index in [1.165, 1.54) is 0 Å². The van der Waals surface area contributed by atoms with Crippen LogP contribution in [0.25, 0.3) is 0 Å². The Kier molecular flexibility index (Phi) is 8.65. The zero-order valence-electron chi connectivity index (χ0n) is 16.2. The van der Waals surface area contributed by atoms with Crippen LogP contribution in [0.5, 0.6) is 0 Å². The first-order valence-electron chi connectivity index (χ1n) is 9.64. The molecule has 0 aromatic heterocycles. The molecule has 4 unspecified atom stereocenters. The van der Waals surface area contributed by atoms with E-state index in [4.69, 9.17) is 56.2 Å². The van der Waals surface area contributed by atoms with Crippen LogP contribution in [0, 0.1) is 0 Å². The summed E-state index contributed by atoms with van der Waals surface area (Å²) in [6.07, 6.45) is -1.53. The molecule has 16 heteroatoms. The number of rotatable bonds is 20. The summed E-state index contributed by atoms with van der Waals surface area (Å²) in [5.41, 5.74) is 0. The van der Waals surface area contributed by atoms with E-state index in [0.717, 1.165) is 0 Å². The SMILES string of the molecule is B(OCC1CO1)OC(OBOCC1CO1)(OBOCC1CO1)OBOCC1CO1. The smallest absolute Gasteiger partial charge is 0.411 e. The van der Waals surface area contributed by atoms with Gasteiger partial charge in [-0.25, -0.2) is 0 Å². The van der Waals surface area contributed by atoms with Gasteiger partial charge in [0.15, 0.2) is 0 Å². The Morgan fingerprint density at radius 2 is 0.759 bits per heavy atom. The predicted molar refractivity (Wildman–Crippen MR) is 98.4 cm³/mol. The molecule has 0 aromatic carbocycles. The lowest BCUT2D eigenvalue weighted by molar-refractivity contribution is -0.386. The number of hydrogen-bond donors (Lipinski definition) is 0. The molecule has 0 radical (unpaired) electrons. The van der Waals surface area contributed by atoms with E-state index >= 15 is 0 Å². The van der Waals surface area contributed by atoms with Gasteiger partial charge >= 0.3 is 36.9 Å². The van der Waals surface area contributed by atoms with Crippen LogP contribution < -0.4 is 0 Å². The Labute approximate surface area is 171 Å². The Morgan fingerprint density at radius 3 is 0.966 bits per heavy atom. The number of ether oxygens (including phenoxy) is 4. The van der Waals surface area contributed by atoms with E-state index in [9.17, 15) is 0 Å². The average molecular weight is 416 g/mol. The Balaban J connectivity index is 1.22. The Hall–Kier alpha value is -0.220. The lowest BCUT2D eigenvalue weighted by atomic mass is 10.3. The molecule has 0 aliphatic carbocycles. The van der Waals surface area contributed by atoms with E-state index in [2.05, 4.69) is 0 Å². The molecular weight excluding hydrogens is 391 g/mol. The lowest BCUT2D eigenvalue weighted by Gasteiger charge is -2.32. The van der Waals surface area contributed by atoms with Crippen molar-refractivity contribution >= 4 is 30.7 Å². The quantitative estimate of drug-likeness (QED) is 0.0844. The molecule has 4 fully saturated rings. The fourth-order valence-corrected chi connectivity index (χ4v) is 2.08. The molecule has 4 heterocycles. The van der Waals surface area contributed by atoms with E-state index < -0.39 is 6.16 Å². The van der Waals surface area contributed by atoms with E-state index in [1.807, 2.05) is 0 Å². The van der Waals surface area contributed by atoms with Crippen molar-refractivity contribution in [3.8, 4) is 0 Å². The van der Waals surface area contributed by atoms with Gasteiger partial charge in [0.05, 0.1) is 52.9 Å².